The first-order valence-corrected chi connectivity index (χ1v) is 41.4. The number of nitriles is 4. The summed E-state index contributed by atoms with van der Waals surface area (Å²) in [6.07, 6.45) is 0. The number of aryl methyl sites for hydroxylation is 8. The molecule has 0 atom stereocenters. The van der Waals surface area contributed by atoms with Gasteiger partial charge in [0, 0.05) is 92.1 Å². The molecular formula is C86H73BBr2Cl4N14O6S2. The average Bonchev–Trinajstić information content (AvgIpc) is 1.67. The van der Waals surface area contributed by atoms with Gasteiger partial charge in [-0.25, -0.2) is 57.5 Å². The smallest absolute Gasteiger partial charge is 0.399 e. The first-order valence-electron chi connectivity index (χ1n) is 35.5. The molecule has 0 unspecified atom stereocenters. The van der Waals surface area contributed by atoms with Crippen LogP contribution in [0.25, 0.3) is 77.4 Å². The zero-order chi connectivity index (χ0) is 83.8. The lowest BCUT2D eigenvalue weighted by Gasteiger charge is -2.32. The van der Waals surface area contributed by atoms with E-state index in [1.54, 1.807) is 31.2 Å². The van der Waals surface area contributed by atoms with Crippen molar-refractivity contribution in [1.82, 2.24) is 48.7 Å². The molecule has 9 aromatic carbocycles. The first kappa shape index (κ1) is 87.0. The van der Waals surface area contributed by atoms with Crippen molar-refractivity contribution in [2.45, 2.75) is 129 Å². The van der Waals surface area contributed by atoms with Gasteiger partial charge in [-0.1, -0.05) is 104 Å². The van der Waals surface area contributed by atoms with Crippen LogP contribution in [0.15, 0.2) is 195 Å². The highest BCUT2D eigenvalue weighted by Gasteiger charge is 2.52. The van der Waals surface area contributed by atoms with Gasteiger partial charge < -0.3 is 9.31 Å². The van der Waals surface area contributed by atoms with E-state index >= 15 is 0 Å². The van der Waals surface area contributed by atoms with Gasteiger partial charge in [0.25, 0.3) is 15.0 Å². The number of halogens is 6. The third-order valence-electron chi connectivity index (χ3n) is 18.9. The van der Waals surface area contributed by atoms with E-state index in [1.165, 1.54) is 36.4 Å². The highest BCUT2D eigenvalue weighted by atomic mass is 79.9. The van der Waals surface area contributed by atoms with Crippen LogP contribution in [-0.4, -0.2) is 92.9 Å². The summed E-state index contributed by atoms with van der Waals surface area (Å²) in [4.78, 5) is 58.8. The number of fused-ring (bicyclic) bond motifs is 4. The standard InChI is InChI=1S/C24H19N3S.C17H12BrN3.C17H12ClN3O2S.C14H18BNO2.C9H6BrClN2.C5H6Cl2N2O2/c1-16-12-19(14-25)8-10-21(16)24-22-11-9-20(13-23(22)26-17(2)27-24)28-15-18-6-4-3-5-7-18;1-10-7-12(9-19)3-5-14(10)17-15-6-4-13(18)8-16(15)20-11(2)21-17;1-10-7-12(9-19)3-5-14(10)17-15-6-4-13(24(18,22)23)8-16(15)20-11(2)21-17;1-10-8-11(9-16)6-7-12(10)15-17-13(2,3)14(4,5)18-15;1-5-12-8-4-6(10)2-3-7(8)9(11)13-5;1-5(2)3(10)8(6)4(11)9(5)7/h3-13H,15H2,1-2H3;3-8H,1-2H3;3-8H,1-2H3;6-8H,1-5H3;2-4H,1H3;1-2H3. The molecule has 4 aromatic heterocycles. The fraction of sp³-hybridized carbons (Fsp3) is 0.209. The summed E-state index contributed by atoms with van der Waals surface area (Å²) in [5.41, 5.74) is 15.8. The molecule has 0 aliphatic carbocycles. The van der Waals surface area contributed by atoms with Crippen molar-refractivity contribution in [3.63, 3.8) is 0 Å². The van der Waals surface area contributed by atoms with Gasteiger partial charge in [-0.3, -0.25) is 4.79 Å². The summed E-state index contributed by atoms with van der Waals surface area (Å²) >= 11 is 25.4. The minimum absolute atomic E-state index is 0.00253. The van der Waals surface area contributed by atoms with E-state index < -0.39 is 26.5 Å². The predicted octanol–water partition coefficient (Wildman–Crippen LogP) is 21.2. The number of rotatable bonds is 8. The van der Waals surface area contributed by atoms with Gasteiger partial charge in [0.05, 0.1) is 102 Å². The molecule has 2 fully saturated rings. The van der Waals surface area contributed by atoms with E-state index in [0.717, 1.165) is 125 Å². The van der Waals surface area contributed by atoms with Crippen LogP contribution < -0.4 is 5.46 Å². The number of imide groups is 1. The molecule has 15 rings (SSSR count). The Bertz CT molecular complexity index is 6280. The minimum Gasteiger partial charge on any atom is -0.399 e. The van der Waals surface area contributed by atoms with Crippen molar-refractivity contribution in [3.8, 4) is 58.0 Å². The van der Waals surface area contributed by atoms with Gasteiger partial charge in [0.2, 0.25) is 0 Å². The van der Waals surface area contributed by atoms with Crippen LogP contribution in [0.5, 0.6) is 0 Å². The highest BCUT2D eigenvalue weighted by Crippen LogP contribution is 2.39. The normalized spacial score (nSPS) is 13.6. The van der Waals surface area contributed by atoms with Crippen molar-refractivity contribution in [1.29, 1.82) is 21.0 Å². The molecule has 0 spiro atoms. The van der Waals surface area contributed by atoms with Crippen LogP contribution >= 0.6 is 89.5 Å². The zero-order valence-corrected chi connectivity index (χ0v) is 72.7. The summed E-state index contributed by atoms with van der Waals surface area (Å²) in [6.45, 7) is 26.4. The van der Waals surface area contributed by atoms with Gasteiger partial charge in [-0.05, 0) is 246 Å². The summed E-state index contributed by atoms with van der Waals surface area (Å²) in [5.74, 6) is 3.11. The lowest BCUT2D eigenvalue weighted by atomic mass is 9.76. The van der Waals surface area contributed by atoms with E-state index in [9.17, 15) is 18.0 Å². The Kier molecular flexibility index (Phi) is 27.7. The van der Waals surface area contributed by atoms with Crippen LogP contribution in [-0.2, 0) is 28.9 Å². The molecule has 0 radical (unpaired) electrons. The molecule has 0 N–H and O–H groups in total. The molecule has 2 aliphatic rings. The Morgan fingerprint density at radius 3 is 1.24 bits per heavy atom. The van der Waals surface area contributed by atoms with Gasteiger partial charge in [-0.15, -0.1) is 11.8 Å². The number of benzene rings is 9. The third kappa shape index (κ3) is 20.7. The second-order valence-corrected chi connectivity index (χ2v) is 34.7. The molecule has 29 heteroatoms. The third-order valence-corrected chi connectivity index (χ3v) is 23.4. The molecule has 2 saturated heterocycles. The van der Waals surface area contributed by atoms with Gasteiger partial charge >= 0.3 is 13.1 Å². The van der Waals surface area contributed by atoms with E-state index in [-0.39, 0.29) is 23.2 Å². The summed E-state index contributed by atoms with van der Waals surface area (Å²) < 4.78 is 38.3. The Hall–Kier alpha value is -10.4. The Morgan fingerprint density at radius 1 is 0.470 bits per heavy atom. The maximum Gasteiger partial charge on any atom is 0.495 e. The minimum atomic E-state index is -3.83. The van der Waals surface area contributed by atoms with Crippen molar-refractivity contribution < 1.29 is 27.3 Å². The van der Waals surface area contributed by atoms with Crippen molar-refractivity contribution in [2.75, 3.05) is 0 Å². The largest absolute Gasteiger partial charge is 0.495 e. The number of urea groups is 1. The fourth-order valence-electron chi connectivity index (χ4n) is 12.1. The number of hydrogen-bond acceptors (Lipinski definition) is 19. The lowest BCUT2D eigenvalue weighted by molar-refractivity contribution is -0.127. The van der Waals surface area contributed by atoms with Crippen molar-refractivity contribution in [2.24, 2.45) is 0 Å². The molecule has 0 bridgehead atoms. The van der Waals surface area contributed by atoms with Crippen molar-refractivity contribution >= 4 is 167 Å². The first-order chi connectivity index (χ1) is 54.3. The Balaban J connectivity index is 0.000000149. The highest BCUT2D eigenvalue weighted by molar-refractivity contribution is 9.10. The molecular weight excluding hydrogens is 1700 g/mol. The van der Waals surface area contributed by atoms with Gasteiger partial charge in [0.15, 0.2) is 0 Å². The summed E-state index contributed by atoms with van der Waals surface area (Å²) in [7, 11) is 1.23. The SMILES string of the molecule is CC1(C)C(=O)N(Cl)C(=O)N1Cl.Cc1cc(C#N)ccc1B1OC(C)(C)C(C)(C)O1.Cc1nc(-c2ccc(C#N)cc2C)c2ccc(Br)cc2n1.Cc1nc(-c2ccc(C#N)cc2C)c2ccc(S(=O)(=O)Cl)cc2n1.Cc1nc(-c2ccc(C#N)cc2C)c2ccc(SCc3ccccc3)cc2n1.Cc1nc(Cl)c2ccc(Br)cc2n1. The zero-order valence-electron chi connectivity index (χ0n) is 64.8. The number of hydrogen-bond donors (Lipinski definition) is 0. The number of amides is 3. The van der Waals surface area contributed by atoms with Crippen LogP contribution in [0.4, 0.5) is 4.79 Å². The molecule has 13 aromatic rings. The average molecular weight is 1780 g/mol. The Labute approximate surface area is 708 Å². The molecule has 580 valence electrons. The van der Waals surface area contributed by atoms with Crippen LogP contribution in [0.2, 0.25) is 5.15 Å². The fourth-order valence-corrected chi connectivity index (χ4v) is 15.3. The number of thioether (sulfide) groups is 1. The van der Waals surface area contributed by atoms with Crippen LogP contribution in [0, 0.1) is 101 Å². The van der Waals surface area contributed by atoms with Crippen LogP contribution in [0.1, 0.15) is 115 Å². The quantitative estimate of drug-likeness (QED) is 0.0341. The number of nitrogens with zero attached hydrogens (tertiary/aromatic N) is 14. The maximum absolute atomic E-state index is 11.5. The second kappa shape index (κ2) is 36.6. The van der Waals surface area contributed by atoms with E-state index in [0.29, 0.717) is 54.7 Å². The van der Waals surface area contributed by atoms with E-state index in [4.69, 9.17) is 81.2 Å². The molecule has 6 heterocycles. The van der Waals surface area contributed by atoms with E-state index in [2.05, 4.69) is 133 Å². The predicted molar refractivity (Wildman–Crippen MR) is 463 cm³/mol. The second-order valence-electron chi connectivity index (χ2n) is 28.2. The van der Waals surface area contributed by atoms with Crippen molar-refractivity contribution in [3.05, 3.63) is 263 Å². The molecule has 20 nitrogen and oxygen atoms in total. The lowest BCUT2D eigenvalue weighted by Crippen LogP contribution is -2.41. The number of carbonyl (C=O) groups excluding carboxylic acids is 2. The molecule has 2 aliphatic heterocycles. The van der Waals surface area contributed by atoms with Crippen LogP contribution in [0.3, 0.4) is 0 Å². The number of aromatic nitrogens is 8. The van der Waals surface area contributed by atoms with E-state index in [1.807, 2.05) is 185 Å². The summed E-state index contributed by atoms with van der Waals surface area (Å²) in [6, 6.07) is 63.3. The molecule has 115 heavy (non-hydrogen) atoms. The molecule has 3 amide bonds. The number of carbonyl (C=O) groups is 2. The monoisotopic (exact) mass is 1770 g/mol. The molecule has 0 saturated carbocycles. The van der Waals surface area contributed by atoms with Gasteiger partial charge in [-0.2, -0.15) is 25.5 Å². The maximum atomic E-state index is 11.5. The topological polar surface area (TPSA) is 291 Å². The van der Waals surface area contributed by atoms with Gasteiger partial charge in [0.1, 0.15) is 34.0 Å². The Morgan fingerprint density at radius 2 is 0.852 bits per heavy atom. The summed E-state index contributed by atoms with van der Waals surface area (Å²) in [5, 5.41) is 40.1.